The second-order valence-corrected chi connectivity index (χ2v) is 9.84. The van der Waals surface area contributed by atoms with E-state index in [0.717, 1.165) is 3.57 Å². The Labute approximate surface area is 252 Å². The van der Waals surface area contributed by atoms with Crippen LogP contribution in [0.25, 0.3) is 0 Å². The number of halogens is 1. The lowest BCUT2D eigenvalue weighted by Gasteiger charge is -2.30. The van der Waals surface area contributed by atoms with Crippen molar-refractivity contribution < 1.29 is 28.5 Å². The normalized spacial score (nSPS) is 14.7. The van der Waals surface area contributed by atoms with E-state index in [1.807, 2.05) is 19.1 Å². The molecule has 40 heavy (non-hydrogen) atoms. The minimum atomic E-state index is -0.620. The van der Waals surface area contributed by atoms with E-state index in [0.29, 0.717) is 58.0 Å². The zero-order valence-electron chi connectivity index (χ0n) is 22.4. The van der Waals surface area contributed by atoms with Crippen LogP contribution in [-0.4, -0.2) is 49.6 Å². The maximum atomic E-state index is 12.7. The second kappa shape index (κ2) is 15.2. The van der Waals surface area contributed by atoms with Crippen molar-refractivity contribution in [2.75, 3.05) is 26.4 Å². The fraction of sp³-hybridized carbons (Fsp3) is 0.286. The van der Waals surface area contributed by atoms with Crippen molar-refractivity contribution in [3.63, 3.8) is 0 Å². The van der Waals surface area contributed by atoms with Crippen LogP contribution in [0.3, 0.4) is 0 Å². The van der Waals surface area contributed by atoms with Gasteiger partial charge in [-0.3, -0.25) is 4.79 Å². The molecule has 3 N–H and O–H groups in total. The first-order valence-electron chi connectivity index (χ1n) is 12.5. The molecular formula is C28H31IN4O6S. The summed E-state index contributed by atoms with van der Waals surface area (Å²) in [5.74, 6) is 0.654. The number of thiocarbonyl (C=S) groups is 1. The van der Waals surface area contributed by atoms with Crippen molar-refractivity contribution in [3.8, 4) is 17.2 Å². The largest absolute Gasteiger partial charge is 0.490 e. The molecule has 0 aliphatic carbocycles. The average Bonchev–Trinajstić information content (AvgIpc) is 2.91. The summed E-state index contributed by atoms with van der Waals surface area (Å²) in [4.78, 5) is 25.2. The SMILES string of the molecule is C=CCOc1c(I)cc(C=NNC(=O)COc2ccccc2[C@H]2NC(=S)NC(C)=C2C(=O)OCC)cc1OCC. The summed E-state index contributed by atoms with van der Waals surface area (Å²) in [6, 6.07) is 10.1. The van der Waals surface area contributed by atoms with Gasteiger partial charge in [-0.2, -0.15) is 5.10 Å². The average molecular weight is 679 g/mol. The Hall–Kier alpha value is -3.65. The Kier molecular flexibility index (Phi) is 11.8. The van der Waals surface area contributed by atoms with Gasteiger partial charge in [0.05, 0.1) is 34.6 Å². The number of amides is 1. The zero-order chi connectivity index (χ0) is 29.1. The Morgan fingerprint density at radius 3 is 2.65 bits per heavy atom. The molecule has 1 aliphatic rings. The van der Waals surface area contributed by atoms with Crippen LogP contribution in [0.2, 0.25) is 0 Å². The van der Waals surface area contributed by atoms with Crippen molar-refractivity contribution in [2.45, 2.75) is 26.8 Å². The molecular weight excluding hydrogens is 647 g/mol. The van der Waals surface area contributed by atoms with Gasteiger partial charge in [0.2, 0.25) is 0 Å². The summed E-state index contributed by atoms with van der Waals surface area (Å²) in [6.07, 6.45) is 3.17. The lowest BCUT2D eigenvalue weighted by molar-refractivity contribution is -0.139. The molecule has 1 atom stereocenters. The number of nitrogens with zero attached hydrogens (tertiary/aromatic N) is 1. The van der Waals surface area contributed by atoms with E-state index in [1.165, 1.54) is 6.21 Å². The first-order chi connectivity index (χ1) is 19.3. The van der Waals surface area contributed by atoms with Gasteiger partial charge in [0.25, 0.3) is 5.91 Å². The number of carbonyl (C=O) groups excluding carboxylic acids is 2. The summed E-state index contributed by atoms with van der Waals surface area (Å²) in [6.45, 7) is 9.78. The molecule has 1 amide bonds. The van der Waals surface area contributed by atoms with Crippen LogP contribution in [0, 0.1) is 3.57 Å². The lowest BCUT2D eigenvalue weighted by atomic mass is 9.95. The summed E-state index contributed by atoms with van der Waals surface area (Å²) in [5, 5.41) is 10.5. The molecule has 0 radical (unpaired) electrons. The summed E-state index contributed by atoms with van der Waals surface area (Å²) < 4.78 is 23.3. The first-order valence-corrected chi connectivity index (χ1v) is 14.0. The van der Waals surface area contributed by atoms with Crippen LogP contribution in [0.15, 0.2) is 65.4 Å². The number of allylic oxidation sites excluding steroid dienone is 1. The summed E-state index contributed by atoms with van der Waals surface area (Å²) in [5.41, 5.74) is 4.76. The minimum Gasteiger partial charge on any atom is -0.490 e. The molecule has 212 valence electrons. The Balaban J connectivity index is 1.70. The van der Waals surface area contributed by atoms with E-state index < -0.39 is 17.9 Å². The topological polar surface area (TPSA) is 120 Å². The molecule has 1 aliphatic heterocycles. The smallest absolute Gasteiger partial charge is 0.338 e. The predicted molar refractivity (Wildman–Crippen MR) is 165 cm³/mol. The standard InChI is InChI=1S/C28H31IN4O6S/c1-5-12-38-26-20(29)13-18(14-22(26)36-6-2)15-30-33-23(34)16-39-21-11-9-8-10-19(21)25-24(27(35)37-7-3)17(4)31-28(40)32-25/h5,8-11,13-15,25H,1,6-7,12,16H2,2-4H3,(H,33,34)(H2,31,32,40)/t25-/m1/s1. The third kappa shape index (κ3) is 8.18. The van der Waals surface area contributed by atoms with Crippen molar-refractivity contribution in [1.82, 2.24) is 16.1 Å². The molecule has 0 saturated heterocycles. The number of benzene rings is 2. The van der Waals surface area contributed by atoms with Gasteiger partial charge in [0.1, 0.15) is 12.4 Å². The van der Waals surface area contributed by atoms with Crippen molar-refractivity contribution >= 4 is 58.0 Å². The van der Waals surface area contributed by atoms with Gasteiger partial charge in [-0.05, 0) is 79.3 Å². The molecule has 0 aromatic heterocycles. The number of hydrogen-bond acceptors (Lipinski definition) is 8. The maximum absolute atomic E-state index is 12.7. The number of hydrazone groups is 1. The van der Waals surface area contributed by atoms with Crippen LogP contribution in [0.5, 0.6) is 17.2 Å². The highest BCUT2D eigenvalue weighted by Gasteiger charge is 2.32. The van der Waals surface area contributed by atoms with Crippen molar-refractivity contribution in [3.05, 3.63) is 75.0 Å². The highest BCUT2D eigenvalue weighted by atomic mass is 127. The van der Waals surface area contributed by atoms with Gasteiger partial charge in [-0.1, -0.05) is 30.9 Å². The fourth-order valence-corrected chi connectivity index (χ4v) is 4.87. The van der Waals surface area contributed by atoms with E-state index in [9.17, 15) is 9.59 Å². The van der Waals surface area contributed by atoms with Crippen LogP contribution >= 0.6 is 34.8 Å². The molecule has 0 saturated carbocycles. The molecule has 1 heterocycles. The van der Waals surface area contributed by atoms with E-state index in [-0.39, 0.29) is 13.2 Å². The van der Waals surface area contributed by atoms with Crippen LogP contribution in [0.1, 0.15) is 37.9 Å². The van der Waals surface area contributed by atoms with Crippen LogP contribution in [0.4, 0.5) is 0 Å². The molecule has 10 nitrogen and oxygen atoms in total. The number of hydrogen-bond donors (Lipinski definition) is 3. The van der Waals surface area contributed by atoms with Gasteiger partial charge in [0.15, 0.2) is 23.2 Å². The van der Waals surface area contributed by atoms with Gasteiger partial charge >= 0.3 is 5.97 Å². The van der Waals surface area contributed by atoms with E-state index in [4.69, 9.17) is 31.2 Å². The molecule has 12 heteroatoms. The monoisotopic (exact) mass is 678 g/mol. The zero-order valence-corrected chi connectivity index (χ0v) is 25.4. The van der Waals surface area contributed by atoms with Crippen LogP contribution in [-0.2, 0) is 14.3 Å². The number of rotatable bonds is 13. The quantitative estimate of drug-likeness (QED) is 0.0718. The molecule has 0 spiro atoms. The Morgan fingerprint density at radius 1 is 1.15 bits per heavy atom. The van der Waals surface area contributed by atoms with Gasteiger partial charge in [-0.25, -0.2) is 10.2 Å². The molecule has 3 rings (SSSR count). The van der Waals surface area contributed by atoms with Gasteiger partial charge in [0, 0.05) is 11.3 Å². The highest BCUT2D eigenvalue weighted by molar-refractivity contribution is 14.1. The molecule has 2 aromatic rings. The first kappa shape index (κ1) is 30.9. The third-order valence-corrected chi connectivity index (χ3v) is 6.45. The highest BCUT2D eigenvalue weighted by Crippen LogP contribution is 2.35. The lowest BCUT2D eigenvalue weighted by Crippen LogP contribution is -2.45. The van der Waals surface area contributed by atoms with Crippen molar-refractivity contribution in [2.24, 2.45) is 5.10 Å². The van der Waals surface area contributed by atoms with Gasteiger partial charge in [-0.15, -0.1) is 0 Å². The number of carbonyl (C=O) groups is 2. The molecule has 0 unspecified atom stereocenters. The minimum absolute atomic E-state index is 0.227. The fourth-order valence-electron chi connectivity index (χ4n) is 3.82. The molecule has 0 bridgehead atoms. The third-order valence-electron chi connectivity index (χ3n) is 5.43. The number of ether oxygens (including phenoxy) is 4. The number of nitrogens with one attached hydrogen (secondary N) is 3. The van der Waals surface area contributed by atoms with E-state index in [2.05, 4.69) is 50.3 Å². The van der Waals surface area contributed by atoms with Gasteiger partial charge < -0.3 is 29.6 Å². The van der Waals surface area contributed by atoms with Crippen LogP contribution < -0.4 is 30.3 Å². The second-order valence-electron chi connectivity index (χ2n) is 8.27. The summed E-state index contributed by atoms with van der Waals surface area (Å²) in [7, 11) is 0. The predicted octanol–water partition coefficient (Wildman–Crippen LogP) is 4.14. The van der Waals surface area contributed by atoms with E-state index >= 15 is 0 Å². The summed E-state index contributed by atoms with van der Waals surface area (Å²) >= 11 is 7.46. The van der Waals surface area contributed by atoms with E-state index in [1.54, 1.807) is 44.2 Å². The Morgan fingerprint density at radius 2 is 1.93 bits per heavy atom. The molecule has 2 aromatic carbocycles. The molecule has 0 fully saturated rings. The van der Waals surface area contributed by atoms with Crippen molar-refractivity contribution in [1.29, 1.82) is 0 Å². The maximum Gasteiger partial charge on any atom is 0.338 e. The Bertz CT molecular complexity index is 1330. The number of esters is 1. The number of para-hydroxylation sites is 1.